The molecule has 144 valence electrons. The largest absolute Gasteiger partial charge is 0.378 e. The maximum atomic E-state index is 14.4. The highest BCUT2D eigenvalue weighted by atomic mass is 79.9. The van der Waals surface area contributed by atoms with Gasteiger partial charge in [0.25, 0.3) is 5.91 Å². The number of thiophene rings is 1. The number of benzene rings is 1. The minimum atomic E-state index is -0.764. The molecule has 0 radical (unpaired) electrons. The van der Waals surface area contributed by atoms with Crippen molar-refractivity contribution in [1.29, 1.82) is 0 Å². The fourth-order valence-corrected chi connectivity index (χ4v) is 3.95. The molecule has 1 unspecified atom stereocenters. The molecule has 1 atom stereocenters. The van der Waals surface area contributed by atoms with Crippen LogP contribution in [0.4, 0.5) is 15.8 Å². The number of rotatable bonds is 5. The molecular formula is C18H19BrFN3O3S. The number of amides is 2. The molecule has 9 heteroatoms. The summed E-state index contributed by atoms with van der Waals surface area (Å²) in [5.74, 6) is -1.16. The molecule has 1 aromatic carbocycles. The van der Waals surface area contributed by atoms with E-state index < -0.39 is 17.8 Å². The van der Waals surface area contributed by atoms with Gasteiger partial charge in [0.05, 0.1) is 27.6 Å². The second-order valence-corrected chi connectivity index (χ2v) is 8.52. The molecule has 0 saturated carbocycles. The summed E-state index contributed by atoms with van der Waals surface area (Å²) in [4.78, 5) is 26.8. The SMILES string of the molecule is CC(NC(=O)c1ccc(Br)s1)C(=O)Nc1ccc(N2CCOCC2)c(F)c1. The summed E-state index contributed by atoms with van der Waals surface area (Å²) < 4.78 is 20.5. The van der Waals surface area contributed by atoms with Crippen LogP contribution in [0.5, 0.6) is 0 Å². The second-order valence-electron chi connectivity index (χ2n) is 6.05. The van der Waals surface area contributed by atoms with Gasteiger partial charge >= 0.3 is 0 Å². The third-order valence-electron chi connectivity index (χ3n) is 4.10. The third-order valence-corrected chi connectivity index (χ3v) is 5.73. The number of halogens is 2. The Labute approximate surface area is 168 Å². The van der Waals surface area contributed by atoms with Crippen LogP contribution in [0.1, 0.15) is 16.6 Å². The predicted octanol–water partition coefficient (Wildman–Crippen LogP) is 3.24. The summed E-state index contributed by atoms with van der Waals surface area (Å²) in [5, 5.41) is 5.26. The Kier molecular flexibility index (Phi) is 6.46. The van der Waals surface area contributed by atoms with Crippen molar-refractivity contribution in [2.24, 2.45) is 0 Å². The van der Waals surface area contributed by atoms with Gasteiger partial charge in [-0.1, -0.05) is 0 Å². The van der Waals surface area contributed by atoms with Gasteiger partial charge < -0.3 is 20.3 Å². The first-order valence-corrected chi connectivity index (χ1v) is 10.0. The van der Waals surface area contributed by atoms with Gasteiger partial charge in [-0.05, 0) is 53.2 Å². The molecule has 2 heterocycles. The topological polar surface area (TPSA) is 70.7 Å². The average molecular weight is 456 g/mol. The monoisotopic (exact) mass is 455 g/mol. The molecule has 1 fully saturated rings. The van der Waals surface area contributed by atoms with Crippen LogP contribution < -0.4 is 15.5 Å². The lowest BCUT2D eigenvalue weighted by Gasteiger charge is -2.29. The summed E-state index contributed by atoms with van der Waals surface area (Å²) in [6, 6.07) is 7.25. The number of nitrogens with one attached hydrogen (secondary N) is 2. The van der Waals surface area contributed by atoms with Crippen LogP contribution in [0.25, 0.3) is 0 Å². The Balaban J connectivity index is 1.59. The van der Waals surface area contributed by atoms with Gasteiger partial charge in [-0.2, -0.15) is 0 Å². The van der Waals surface area contributed by atoms with Crippen LogP contribution in [0.2, 0.25) is 0 Å². The second kappa shape index (κ2) is 8.81. The van der Waals surface area contributed by atoms with Crippen molar-refractivity contribution in [2.45, 2.75) is 13.0 Å². The van der Waals surface area contributed by atoms with E-state index in [9.17, 15) is 14.0 Å². The lowest BCUT2D eigenvalue weighted by Crippen LogP contribution is -2.41. The van der Waals surface area contributed by atoms with E-state index in [2.05, 4.69) is 26.6 Å². The van der Waals surface area contributed by atoms with E-state index in [1.54, 1.807) is 31.2 Å². The molecule has 1 saturated heterocycles. The van der Waals surface area contributed by atoms with Crippen molar-refractivity contribution in [3.05, 3.63) is 44.8 Å². The van der Waals surface area contributed by atoms with Gasteiger partial charge in [0.15, 0.2) is 0 Å². The van der Waals surface area contributed by atoms with Gasteiger partial charge in [0.2, 0.25) is 5.91 Å². The van der Waals surface area contributed by atoms with Gasteiger partial charge in [-0.25, -0.2) is 4.39 Å². The zero-order valence-electron chi connectivity index (χ0n) is 14.6. The minimum absolute atomic E-state index is 0.331. The maximum Gasteiger partial charge on any atom is 0.262 e. The number of hydrogen-bond donors (Lipinski definition) is 2. The highest BCUT2D eigenvalue weighted by Gasteiger charge is 2.19. The summed E-state index contributed by atoms with van der Waals surface area (Å²) >= 11 is 4.57. The van der Waals surface area contributed by atoms with Crippen LogP contribution in [-0.4, -0.2) is 44.2 Å². The van der Waals surface area contributed by atoms with Gasteiger partial charge in [-0.3, -0.25) is 9.59 Å². The Morgan fingerprint density at radius 1 is 1.26 bits per heavy atom. The van der Waals surface area contributed by atoms with E-state index in [4.69, 9.17) is 4.74 Å². The smallest absolute Gasteiger partial charge is 0.262 e. The number of carbonyl (C=O) groups excluding carboxylic acids is 2. The van der Waals surface area contributed by atoms with Crippen LogP contribution in [-0.2, 0) is 9.53 Å². The summed E-state index contributed by atoms with van der Waals surface area (Å²) in [6.07, 6.45) is 0. The van der Waals surface area contributed by atoms with E-state index in [1.165, 1.54) is 17.4 Å². The first-order chi connectivity index (χ1) is 12.9. The summed E-state index contributed by atoms with van der Waals surface area (Å²) in [6.45, 7) is 3.97. The molecule has 1 aliphatic heterocycles. The van der Waals surface area contributed by atoms with Crippen molar-refractivity contribution in [1.82, 2.24) is 5.32 Å². The Hall–Kier alpha value is -1.97. The summed E-state index contributed by atoms with van der Waals surface area (Å²) in [5.41, 5.74) is 0.829. The molecule has 0 aliphatic carbocycles. The van der Waals surface area contributed by atoms with Crippen LogP contribution in [0.3, 0.4) is 0 Å². The van der Waals surface area contributed by atoms with Crippen LogP contribution in [0, 0.1) is 5.82 Å². The normalized spacial score (nSPS) is 15.3. The number of hydrogen-bond acceptors (Lipinski definition) is 5. The van der Waals surface area contributed by atoms with Gasteiger partial charge in [0.1, 0.15) is 11.9 Å². The lowest BCUT2D eigenvalue weighted by molar-refractivity contribution is -0.117. The van der Waals surface area contributed by atoms with E-state index >= 15 is 0 Å². The number of ether oxygens (including phenoxy) is 1. The Morgan fingerprint density at radius 2 is 2.00 bits per heavy atom. The van der Waals surface area contributed by atoms with Crippen molar-refractivity contribution >= 4 is 50.5 Å². The number of carbonyl (C=O) groups is 2. The minimum Gasteiger partial charge on any atom is -0.378 e. The van der Waals surface area contributed by atoms with Gasteiger partial charge in [-0.15, -0.1) is 11.3 Å². The van der Waals surface area contributed by atoms with E-state index in [1.807, 2.05) is 4.90 Å². The maximum absolute atomic E-state index is 14.4. The molecule has 1 aliphatic rings. The first kappa shape index (κ1) is 19.8. The molecule has 2 amide bonds. The third kappa shape index (κ3) is 5.06. The highest BCUT2D eigenvalue weighted by Crippen LogP contribution is 2.24. The average Bonchev–Trinajstić information content (AvgIpc) is 3.09. The van der Waals surface area contributed by atoms with E-state index in [0.717, 1.165) is 3.79 Å². The number of anilines is 2. The molecule has 2 aromatic rings. The number of nitrogens with zero attached hydrogens (tertiary/aromatic N) is 1. The van der Waals surface area contributed by atoms with Crippen LogP contribution >= 0.6 is 27.3 Å². The van der Waals surface area contributed by atoms with Crippen LogP contribution in [0.15, 0.2) is 34.1 Å². The molecule has 0 bridgehead atoms. The highest BCUT2D eigenvalue weighted by molar-refractivity contribution is 9.11. The molecule has 0 spiro atoms. The Morgan fingerprint density at radius 3 is 2.63 bits per heavy atom. The predicted molar refractivity (Wildman–Crippen MR) is 107 cm³/mol. The van der Waals surface area contributed by atoms with Crippen molar-refractivity contribution in [2.75, 3.05) is 36.5 Å². The molecule has 1 aromatic heterocycles. The van der Waals surface area contributed by atoms with Crippen molar-refractivity contribution in [3.63, 3.8) is 0 Å². The van der Waals surface area contributed by atoms with E-state index in [-0.39, 0.29) is 5.91 Å². The molecular weight excluding hydrogens is 437 g/mol. The van der Waals surface area contributed by atoms with E-state index in [0.29, 0.717) is 42.6 Å². The van der Waals surface area contributed by atoms with Gasteiger partial charge in [0, 0.05) is 18.8 Å². The molecule has 2 N–H and O–H groups in total. The number of morpholine rings is 1. The fourth-order valence-electron chi connectivity index (χ4n) is 2.67. The molecule has 6 nitrogen and oxygen atoms in total. The quantitative estimate of drug-likeness (QED) is 0.725. The first-order valence-electron chi connectivity index (χ1n) is 8.43. The summed E-state index contributed by atoms with van der Waals surface area (Å²) in [7, 11) is 0. The molecule has 27 heavy (non-hydrogen) atoms. The molecule has 3 rings (SSSR count). The zero-order valence-corrected chi connectivity index (χ0v) is 17.0. The lowest BCUT2D eigenvalue weighted by atomic mass is 10.2. The fraction of sp³-hybridized carbons (Fsp3) is 0.333. The standard InChI is InChI=1S/C18H19BrFN3O3S/c1-11(21-18(25)15-4-5-16(19)27-15)17(24)22-12-2-3-14(13(20)10-12)23-6-8-26-9-7-23/h2-5,10-11H,6-9H2,1H3,(H,21,25)(H,22,24). The zero-order chi connectivity index (χ0) is 19.4. The van der Waals surface area contributed by atoms with Crippen molar-refractivity contribution < 1.29 is 18.7 Å². The van der Waals surface area contributed by atoms with Crippen molar-refractivity contribution in [3.8, 4) is 0 Å². The Bertz CT molecular complexity index is 839.